The molecule has 1 aromatic rings. The van der Waals surface area contributed by atoms with Crippen molar-refractivity contribution >= 4 is 0 Å². The Balaban J connectivity index is 2.76. The first-order valence-corrected chi connectivity index (χ1v) is 11.7. The van der Waals surface area contributed by atoms with Crippen LogP contribution in [0, 0.1) is 16.7 Å². The molecule has 1 atom stereocenters. The second-order valence-electron chi connectivity index (χ2n) is 12.5. The number of nitrogens with zero attached hydrogens (tertiary/aromatic N) is 3. The fraction of sp³-hybridized carbons (Fsp3) is 0.920. The van der Waals surface area contributed by atoms with E-state index in [1.54, 1.807) is 0 Å². The van der Waals surface area contributed by atoms with Gasteiger partial charge in [-0.15, -0.1) is 5.10 Å². The van der Waals surface area contributed by atoms with Crippen molar-refractivity contribution in [3.05, 3.63) is 11.9 Å². The number of ether oxygens (including phenoxy) is 1. The monoisotopic (exact) mass is 422 g/mol. The average Bonchev–Trinajstić information content (AvgIpc) is 3.07. The summed E-state index contributed by atoms with van der Waals surface area (Å²) in [6.07, 6.45) is 4.90. The molecule has 0 aliphatic carbocycles. The van der Waals surface area contributed by atoms with E-state index >= 15 is 0 Å². The molecular weight excluding hydrogens is 372 g/mol. The molecule has 0 spiro atoms. The van der Waals surface area contributed by atoms with Crippen LogP contribution in [0.5, 0.6) is 0 Å². The van der Waals surface area contributed by atoms with E-state index in [-0.39, 0.29) is 27.4 Å². The Morgan fingerprint density at radius 3 is 2.10 bits per heavy atom. The zero-order chi connectivity index (χ0) is 23.6. The molecule has 0 saturated carbocycles. The molecular formula is C25H50N4O. The lowest BCUT2D eigenvalue weighted by Gasteiger charge is -2.45. The van der Waals surface area contributed by atoms with E-state index in [0.29, 0.717) is 5.92 Å². The summed E-state index contributed by atoms with van der Waals surface area (Å²) in [5.41, 5.74) is 7.29. The van der Waals surface area contributed by atoms with E-state index < -0.39 is 0 Å². The highest BCUT2D eigenvalue weighted by molar-refractivity contribution is 5.12. The van der Waals surface area contributed by atoms with Crippen LogP contribution in [0.25, 0.3) is 0 Å². The molecule has 176 valence electrons. The number of aromatic nitrogens is 3. The van der Waals surface area contributed by atoms with E-state index in [1.807, 2.05) is 4.68 Å². The second-order valence-corrected chi connectivity index (χ2v) is 12.5. The first-order valence-electron chi connectivity index (χ1n) is 11.7. The molecule has 0 saturated heterocycles. The van der Waals surface area contributed by atoms with Crippen molar-refractivity contribution in [2.75, 3.05) is 6.61 Å². The molecule has 1 unspecified atom stereocenters. The van der Waals surface area contributed by atoms with Crippen molar-refractivity contribution in [1.29, 1.82) is 0 Å². The third-order valence-electron chi connectivity index (χ3n) is 7.74. The molecule has 30 heavy (non-hydrogen) atoms. The van der Waals surface area contributed by atoms with Crippen LogP contribution in [-0.4, -0.2) is 32.7 Å². The Bertz CT molecular complexity index is 668. The van der Waals surface area contributed by atoms with Gasteiger partial charge in [0.15, 0.2) is 0 Å². The van der Waals surface area contributed by atoms with Gasteiger partial charge in [-0.1, -0.05) is 67.5 Å². The number of hydrogen-bond acceptors (Lipinski definition) is 4. The largest absolute Gasteiger partial charge is 0.375 e. The van der Waals surface area contributed by atoms with Crippen LogP contribution in [0.15, 0.2) is 6.20 Å². The number of aryl methyl sites for hydroxylation is 1. The SMILES string of the molecule is CCC(C)(N)C(C)(C)CC(C)(C)c1cn(CCC(C)(C)OCC(C)(C)C(C)C)nn1. The minimum atomic E-state index is -0.217. The zero-order valence-electron chi connectivity index (χ0n) is 22.0. The smallest absolute Gasteiger partial charge is 0.0883 e. The van der Waals surface area contributed by atoms with E-state index in [9.17, 15) is 0 Å². The highest BCUT2D eigenvalue weighted by Gasteiger charge is 2.41. The summed E-state index contributed by atoms with van der Waals surface area (Å²) in [4.78, 5) is 0. The van der Waals surface area contributed by atoms with Gasteiger partial charge in [0, 0.05) is 23.7 Å². The summed E-state index contributed by atoms with van der Waals surface area (Å²) in [6.45, 7) is 28.3. The minimum Gasteiger partial charge on any atom is -0.375 e. The van der Waals surface area contributed by atoms with Crippen LogP contribution in [0.3, 0.4) is 0 Å². The summed E-state index contributed by atoms with van der Waals surface area (Å²) >= 11 is 0. The van der Waals surface area contributed by atoms with Crippen LogP contribution < -0.4 is 5.73 Å². The maximum atomic E-state index is 6.60. The van der Waals surface area contributed by atoms with Gasteiger partial charge in [-0.3, -0.25) is 4.68 Å². The first kappa shape index (κ1) is 27.1. The van der Waals surface area contributed by atoms with Gasteiger partial charge in [-0.2, -0.15) is 0 Å². The van der Waals surface area contributed by atoms with E-state index in [1.165, 1.54) is 0 Å². The molecule has 0 aliphatic heterocycles. The van der Waals surface area contributed by atoms with Crippen LogP contribution in [-0.2, 0) is 16.7 Å². The number of rotatable bonds is 12. The van der Waals surface area contributed by atoms with Gasteiger partial charge in [0.2, 0.25) is 0 Å². The van der Waals surface area contributed by atoms with Crippen molar-refractivity contribution in [2.45, 2.75) is 125 Å². The fourth-order valence-corrected chi connectivity index (χ4v) is 3.60. The van der Waals surface area contributed by atoms with Gasteiger partial charge >= 0.3 is 0 Å². The summed E-state index contributed by atoms with van der Waals surface area (Å²) in [5.74, 6) is 0.584. The zero-order valence-corrected chi connectivity index (χ0v) is 22.0. The molecule has 5 heteroatoms. The van der Waals surface area contributed by atoms with Crippen molar-refractivity contribution in [2.24, 2.45) is 22.5 Å². The van der Waals surface area contributed by atoms with Crippen molar-refractivity contribution < 1.29 is 4.74 Å². The Morgan fingerprint density at radius 1 is 1.03 bits per heavy atom. The standard InChI is InChI=1S/C25H50N4O/c1-13-25(12,26)23(8,9)17-21(4,5)20-16-29(28-27-20)15-14-24(10,11)30-18-22(6,7)19(2)3/h16,19H,13-15,17-18,26H2,1-12H3. The normalized spacial score (nSPS) is 16.2. The van der Waals surface area contributed by atoms with Gasteiger partial charge in [-0.25, -0.2) is 0 Å². The van der Waals surface area contributed by atoms with E-state index in [0.717, 1.165) is 38.1 Å². The average molecular weight is 423 g/mol. The van der Waals surface area contributed by atoms with Gasteiger partial charge in [0.25, 0.3) is 0 Å². The van der Waals surface area contributed by atoms with Crippen LogP contribution in [0.4, 0.5) is 0 Å². The second kappa shape index (κ2) is 9.28. The quantitative estimate of drug-likeness (QED) is 0.451. The summed E-state index contributed by atoms with van der Waals surface area (Å²) < 4.78 is 8.25. The predicted octanol–water partition coefficient (Wildman–Crippen LogP) is 5.97. The molecule has 1 aromatic heterocycles. The van der Waals surface area contributed by atoms with Crippen LogP contribution in [0.1, 0.15) is 108 Å². The molecule has 0 radical (unpaired) electrons. The Hall–Kier alpha value is -0.940. The summed E-state index contributed by atoms with van der Waals surface area (Å²) in [6, 6.07) is 0. The van der Waals surface area contributed by atoms with E-state index in [2.05, 4.69) is 99.6 Å². The first-order chi connectivity index (χ1) is 13.4. The highest BCUT2D eigenvalue weighted by atomic mass is 16.5. The highest BCUT2D eigenvalue weighted by Crippen LogP contribution is 2.42. The van der Waals surface area contributed by atoms with Gasteiger partial charge in [0.05, 0.1) is 17.9 Å². The molecule has 0 amide bonds. The lowest BCUT2D eigenvalue weighted by Crippen LogP contribution is -2.51. The third-order valence-corrected chi connectivity index (χ3v) is 7.74. The number of hydrogen-bond donors (Lipinski definition) is 1. The van der Waals surface area contributed by atoms with Gasteiger partial charge in [0.1, 0.15) is 0 Å². The molecule has 2 N–H and O–H groups in total. The van der Waals surface area contributed by atoms with Gasteiger partial charge in [-0.05, 0) is 56.8 Å². The molecule has 0 aromatic carbocycles. The molecule has 0 fully saturated rings. The fourth-order valence-electron chi connectivity index (χ4n) is 3.60. The third kappa shape index (κ3) is 7.05. The molecule has 1 heterocycles. The number of nitrogens with two attached hydrogens (primary N) is 1. The van der Waals surface area contributed by atoms with Crippen LogP contribution >= 0.6 is 0 Å². The topological polar surface area (TPSA) is 66.0 Å². The molecule has 0 bridgehead atoms. The van der Waals surface area contributed by atoms with E-state index in [4.69, 9.17) is 10.5 Å². The van der Waals surface area contributed by atoms with Crippen molar-refractivity contribution in [1.82, 2.24) is 15.0 Å². The maximum absolute atomic E-state index is 6.60. The molecule has 1 rings (SSSR count). The summed E-state index contributed by atoms with van der Waals surface area (Å²) in [7, 11) is 0. The molecule has 0 aliphatic rings. The lowest BCUT2D eigenvalue weighted by atomic mass is 9.63. The van der Waals surface area contributed by atoms with Crippen molar-refractivity contribution in [3.8, 4) is 0 Å². The minimum absolute atomic E-state index is 0.00587. The maximum Gasteiger partial charge on any atom is 0.0883 e. The Morgan fingerprint density at radius 2 is 1.60 bits per heavy atom. The van der Waals surface area contributed by atoms with Crippen molar-refractivity contribution in [3.63, 3.8) is 0 Å². The Labute approximate surface area is 186 Å². The molecule has 5 nitrogen and oxygen atoms in total. The Kier molecular flexibility index (Phi) is 8.38. The van der Waals surface area contributed by atoms with Crippen LogP contribution in [0.2, 0.25) is 0 Å². The van der Waals surface area contributed by atoms with Gasteiger partial charge < -0.3 is 10.5 Å². The summed E-state index contributed by atoms with van der Waals surface area (Å²) in [5, 5.41) is 8.94. The lowest BCUT2D eigenvalue weighted by molar-refractivity contribution is -0.0719. The predicted molar refractivity (Wildman–Crippen MR) is 128 cm³/mol.